The number of ether oxygens (including phenoxy) is 1. The molecular weight excluding hydrogens is 566 g/mol. The van der Waals surface area contributed by atoms with Gasteiger partial charge in [-0.3, -0.25) is 0 Å². The maximum absolute atomic E-state index is 6.59. The zero-order valence-electron chi connectivity index (χ0n) is 24.6. The number of hydrogen-bond donors (Lipinski definition) is 0. The molecule has 1 aliphatic heterocycles. The van der Waals surface area contributed by atoms with Crippen molar-refractivity contribution in [3.8, 4) is 33.8 Å². The van der Waals surface area contributed by atoms with Crippen LogP contribution in [-0.4, -0.2) is 0 Å². The molecule has 0 atom stereocenters. The summed E-state index contributed by atoms with van der Waals surface area (Å²) >= 11 is 0. The lowest BCUT2D eigenvalue weighted by Gasteiger charge is -2.33. The fourth-order valence-electron chi connectivity index (χ4n) is 6.94. The van der Waals surface area contributed by atoms with Gasteiger partial charge >= 0.3 is 0 Å². The van der Waals surface area contributed by atoms with Crippen molar-refractivity contribution in [1.82, 2.24) is 0 Å². The maximum Gasteiger partial charge on any atom is 0.151 e. The predicted octanol–water partition coefficient (Wildman–Crippen LogP) is 12.4. The van der Waals surface area contributed by atoms with Crippen molar-refractivity contribution in [2.24, 2.45) is 0 Å². The zero-order chi connectivity index (χ0) is 30.2. The average molecular weight is 592 g/mol. The number of benzene rings is 7. The summed E-state index contributed by atoms with van der Waals surface area (Å²) in [6.45, 7) is 0. The molecule has 4 nitrogen and oxygen atoms in total. The Hall–Kier alpha value is -6.26. The molecule has 2 aromatic heterocycles. The molecule has 0 saturated heterocycles. The number of anilines is 3. The van der Waals surface area contributed by atoms with Crippen LogP contribution in [0.4, 0.5) is 17.1 Å². The lowest BCUT2D eigenvalue weighted by molar-refractivity contribution is 0.477. The van der Waals surface area contributed by atoms with Crippen LogP contribution in [0.2, 0.25) is 0 Å². The average Bonchev–Trinajstić information content (AvgIpc) is 3.69. The van der Waals surface area contributed by atoms with Crippen LogP contribution >= 0.6 is 0 Å². The van der Waals surface area contributed by atoms with Gasteiger partial charge in [-0.15, -0.1) is 0 Å². The van der Waals surface area contributed by atoms with Crippen LogP contribution < -0.4 is 9.64 Å². The van der Waals surface area contributed by atoms with E-state index in [0.717, 1.165) is 94.7 Å². The highest BCUT2D eigenvalue weighted by Crippen LogP contribution is 2.53. The van der Waals surface area contributed by atoms with E-state index >= 15 is 0 Å². The van der Waals surface area contributed by atoms with Gasteiger partial charge in [0.15, 0.2) is 11.5 Å². The van der Waals surface area contributed by atoms with Gasteiger partial charge in [0, 0.05) is 38.4 Å². The van der Waals surface area contributed by atoms with Gasteiger partial charge in [0.2, 0.25) is 0 Å². The van der Waals surface area contributed by atoms with E-state index in [1.165, 1.54) is 0 Å². The van der Waals surface area contributed by atoms with Crippen molar-refractivity contribution in [3.63, 3.8) is 0 Å². The van der Waals surface area contributed by atoms with E-state index in [0.29, 0.717) is 0 Å². The Morgan fingerprint density at radius 1 is 0.391 bits per heavy atom. The second-order valence-corrected chi connectivity index (χ2v) is 11.7. The van der Waals surface area contributed by atoms with Crippen molar-refractivity contribution in [2.75, 3.05) is 4.90 Å². The number of para-hydroxylation sites is 5. The summed E-state index contributed by atoms with van der Waals surface area (Å²) in [5.74, 6) is 1.59. The monoisotopic (exact) mass is 591 g/mol. The molecule has 1 aliphatic rings. The largest absolute Gasteiger partial charge is 0.455 e. The second kappa shape index (κ2) is 9.62. The highest BCUT2D eigenvalue weighted by atomic mass is 16.5. The van der Waals surface area contributed by atoms with Gasteiger partial charge in [-0.1, -0.05) is 103 Å². The molecule has 0 aliphatic carbocycles. The van der Waals surface area contributed by atoms with Crippen molar-refractivity contribution >= 4 is 60.9 Å². The standard InChI is InChI=1S/C42H25NO3/c1-2-10-28(11-3-1)43-35-24-26(29-14-8-16-33-31-12-4-6-18-37(31)45-41(29)33)20-22-39(35)44-40-23-21-27(25-36(40)43)30-15-9-17-34-32-13-5-7-19-38(32)46-42(30)34/h1-25H. The minimum Gasteiger partial charge on any atom is -0.455 e. The molecule has 0 spiro atoms. The molecule has 46 heavy (non-hydrogen) atoms. The number of nitrogens with zero attached hydrogens (tertiary/aromatic N) is 1. The summed E-state index contributed by atoms with van der Waals surface area (Å²) in [6, 6.07) is 52.4. The first-order chi connectivity index (χ1) is 22.8. The normalized spacial score (nSPS) is 12.5. The van der Waals surface area contributed by atoms with Crippen LogP contribution in [0.15, 0.2) is 160 Å². The van der Waals surface area contributed by atoms with Gasteiger partial charge in [-0.2, -0.15) is 0 Å². The van der Waals surface area contributed by atoms with E-state index in [1.807, 2.05) is 30.3 Å². The summed E-state index contributed by atoms with van der Waals surface area (Å²) < 4.78 is 19.4. The SMILES string of the molecule is c1ccc(N2c3cc(-c4cccc5c4oc4ccccc45)ccc3Oc3ccc(-c4cccc5c4oc4ccccc45)cc32)cc1. The molecular formula is C42H25NO3. The number of hydrogen-bond acceptors (Lipinski definition) is 4. The Labute approximate surface area is 264 Å². The van der Waals surface area contributed by atoms with Gasteiger partial charge < -0.3 is 18.5 Å². The fourth-order valence-corrected chi connectivity index (χ4v) is 6.94. The molecule has 7 aromatic carbocycles. The minimum absolute atomic E-state index is 0.795. The third kappa shape index (κ3) is 3.67. The Kier molecular flexibility index (Phi) is 5.25. The molecule has 216 valence electrons. The van der Waals surface area contributed by atoms with Gasteiger partial charge in [-0.05, 0) is 59.7 Å². The van der Waals surface area contributed by atoms with E-state index in [-0.39, 0.29) is 0 Å². The van der Waals surface area contributed by atoms with Gasteiger partial charge in [0.05, 0.1) is 11.4 Å². The molecule has 3 heterocycles. The van der Waals surface area contributed by atoms with Gasteiger partial charge in [0.1, 0.15) is 22.3 Å². The molecule has 10 rings (SSSR count). The molecule has 0 saturated carbocycles. The summed E-state index contributed by atoms with van der Waals surface area (Å²) in [6.07, 6.45) is 0. The molecule has 9 aromatic rings. The third-order valence-corrected chi connectivity index (χ3v) is 9.06. The van der Waals surface area contributed by atoms with Crippen LogP contribution in [0.5, 0.6) is 11.5 Å². The zero-order valence-corrected chi connectivity index (χ0v) is 24.6. The van der Waals surface area contributed by atoms with Crippen molar-refractivity contribution in [3.05, 3.63) is 152 Å². The molecule has 0 radical (unpaired) electrons. The van der Waals surface area contributed by atoms with E-state index in [9.17, 15) is 0 Å². The Morgan fingerprint density at radius 2 is 0.870 bits per heavy atom. The van der Waals surface area contributed by atoms with E-state index in [4.69, 9.17) is 13.6 Å². The van der Waals surface area contributed by atoms with Crippen LogP contribution in [0, 0.1) is 0 Å². The quantitative estimate of drug-likeness (QED) is 0.205. The highest BCUT2D eigenvalue weighted by Gasteiger charge is 2.28. The number of furan rings is 2. The first kappa shape index (κ1) is 25.1. The van der Waals surface area contributed by atoms with Crippen molar-refractivity contribution in [1.29, 1.82) is 0 Å². The summed E-state index contributed by atoms with van der Waals surface area (Å²) in [5, 5.41) is 4.45. The van der Waals surface area contributed by atoms with Gasteiger partial charge in [-0.25, -0.2) is 0 Å². The molecule has 0 bridgehead atoms. The lowest BCUT2D eigenvalue weighted by Crippen LogP contribution is -2.16. The van der Waals surface area contributed by atoms with Crippen LogP contribution in [-0.2, 0) is 0 Å². The second-order valence-electron chi connectivity index (χ2n) is 11.7. The molecule has 0 unspecified atom stereocenters. The minimum atomic E-state index is 0.795. The van der Waals surface area contributed by atoms with E-state index < -0.39 is 0 Å². The fraction of sp³-hybridized carbons (Fsp3) is 0. The number of fused-ring (bicyclic) bond motifs is 8. The van der Waals surface area contributed by atoms with E-state index in [1.54, 1.807) is 0 Å². The Balaban J connectivity index is 1.17. The van der Waals surface area contributed by atoms with Crippen LogP contribution in [0.3, 0.4) is 0 Å². The Morgan fingerprint density at radius 3 is 1.41 bits per heavy atom. The van der Waals surface area contributed by atoms with Gasteiger partial charge in [0.25, 0.3) is 0 Å². The Bertz CT molecular complexity index is 2470. The lowest BCUT2D eigenvalue weighted by atomic mass is 9.98. The topological polar surface area (TPSA) is 38.8 Å². The summed E-state index contributed by atoms with van der Waals surface area (Å²) in [4.78, 5) is 2.29. The highest BCUT2D eigenvalue weighted by molar-refractivity contribution is 6.11. The molecule has 4 heteroatoms. The molecule has 0 amide bonds. The smallest absolute Gasteiger partial charge is 0.151 e. The van der Waals surface area contributed by atoms with E-state index in [2.05, 4.69) is 126 Å². The third-order valence-electron chi connectivity index (χ3n) is 9.06. The van der Waals surface area contributed by atoms with Crippen molar-refractivity contribution < 1.29 is 13.6 Å². The first-order valence-electron chi connectivity index (χ1n) is 15.4. The summed E-state index contributed by atoms with van der Waals surface area (Å²) in [5.41, 5.74) is 10.7. The van der Waals surface area contributed by atoms with Crippen LogP contribution in [0.25, 0.3) is 66.1 Å². The van der Waals surface area contributed by atoms with Crippen molar-refractivity contribution in [2.45, 2.75) is 0 Å². The predicted molar refractivity (Wildman–Crippen MR) is 187 cm³/mol. The maximum atomic E-state index is 6.59. The first-order valence-corrected chi connectivity index (χ1v) is 15.4. The number of rotatable bonds is 3. The summed E-state index contributed by atoms with van der Waals surface area (Å²) in [7, 11) is 0. The van der Waals surface area contributed by atoms with Crippen LogP contribution in [0.1, 0.15) is 0 Å². The molecule has 0 fully saturated rings. The molecule has 0 N–H and O–H groups in total.